The monoisotopic (exact) mass is 991 g/mol. The van der Waals surface area contributed by atoms with E-state index in [1.807, 2.05) is 0 Å². The summed E-state index contributed by atoms with van der Waals surface area (Å²) >= 11 is 1.06. The van der Waals surface area contributed by atoms with Crippen LogP contribution in [0, 0.1) is 12.7 Å². The van der Waals surface area contributed by atoms with Crippen molar-refractivity contribution in [1.82, 2.24) is 46.4 Å². The number of amides is 8. The molecule has 5 heterocycles. The van der Waals surface area contributed by atoms with Crippen LogP contribution in [0.5, 0.6) is 0 Å². The van der Waals surface area contributed by atoms with Gasteiger partial charge in [-0.1, -0.05) is 13.3 Å². The van der Waals surface area contributed by atoms with Gasteiger partial charge in [-0.3, -0.25) is 48.1 Å². The SMILES string of the molecule is CC[C@@]1(O)C(=O)OCc2c1cc1n(c2=O)Cc2c-1nc1cc(F)c(C)cc1c2CNC(=O)CSCNC(=O)CNC(=O)[C@@H](NC(=O)CNC(=O)CNC(=O)CCCCCN1C(=O)C=CC1=O)OC(C)C. The van der Waals surface area contributed by atoms with Crippen LogP contribution in [0.25, 0.3) is 22.3 Å². The van der Waals surface area contributed by atoms with E-state index in [0.29, 0.717) is 52.7 Å². The molecule has 7 N–H and O–H groups in total. The van der Waals surface area contributed by atoms with Crippen LogP contribution >= 0.6 is 11.8 Å². The number of unbranched alkanes of at least 4 members (excludes halogenated alkanes) is 2. The molecule has 3 aliphatic rings. The van der Waals surface area contributed by atoms with E-state index in [1.54, 1.807) is 39.8 Å². The van der Waals surface area contributed by atoms with E-state index < -0.39 is 90.4 Å². The van der Waals surface area contributed by atoms with Crippen molar-refractivity contribution in [3.05, 3.63) is 74.3 Å². The molecule has 0 bridgehead atoms. The zero-order valence-electron chi connectivity index (χ0n) is 38.9. The normalized spacial score (nSPS) is 16.0. The van der Waals surface area contributed by atoms with Crippen molar-refractivity contribution in [2.75, 3.05) is 37.8 Å². The summed E-state index contributed by atoms with van der Waals surface area (Å²) in [5.41, 5.74) is 0.169. The fourth-order valence-corrected chi connectivity index (χ4v) is 8.51. The van der Waals surface area contributed by atoms with Crippen LogP contribution in [0.4, 0.5) is 4.39 Å². The van der Waals surface area contributed by atoms with Crippen LogP contribution in [-0.2, 0) is 77.9 Å². The minimum absolute atomic E-state index is 0.0283. The topological polar surface area (TPSA) is 303 Å². The third-order valence-electron chi connectivity index (χ3n) is 11.6. The molecule has 0 radical (unpaired) electrons. The van der Waals surface area contributed by atoms with Gasteiger partial charge in [0.1, 0.15) is 12.4 Å². The number of aryl methyl sites for hydroxylation is 1. The molecule has 1 aromatic carbocycles. The van der Waals surface area contributed by atoms with Gasteiger partial charge in [0.25, 0.3) is 23.3 Å². The van der Waals surface area contributed by atoms with Gasteiger partial charge in [-0.2, -0.15) is 0 Å². The average Bonchev–Trinajstić information content (AvgIpc) is 3.85. The molecule has 2 aromatic heterocycles. The van der Waals surface area contributed by atoms with E-state index in [0.717, 1.165) is 16.7 Å². The Bertz CT molecular complexity index is 2710. The number of nitrogens with one attached hydrogen (secondary N) is 6. The number of cyclic esters (lactones) is 1. The van der Waals surface area contributed by atoms with Crippen LogP contribution in [0.2, 0.25) is 0 Å². The summed E-state index contributed by atoms with van der Waals surface area (Å²) in [6.45, 7) is 4.86. The summed E-state index contributed by atoms with van der Waals surface area (Å²) in [6, 6.07) is 4.42. The van der Waals surface area contributed by atoms with Gasteiger partial charge in [-0.15, -0.1) is 11.8 Å². The first-order valence-corrected chi connectivity index (χ1v) is 23.7. The smallest absolute Gasteiger partial charge is 0.343 e. The summed E-state index contributed by atoms with van der Waals surface area (Å²) in [7, 11) is 0. The fourth-order valence-electron chi connectivity index (χ4n) is 7.85. The van der Waals surface area contributed by atoms with E-state index in [9.17, 15) is 57.4 Å². The van der Waals surface area contributed by atoms with Crippen molar-refractivity contribution in [3.63, 3.8) is 0 Å². The highest BCUT2D eigenvalue weighted by molar-refractivity contribution is 7.99. The number of halogens is 1. The first-order chi connectivity index (χ1) is 33.3. The van der Waals surface area contributed by atoms with Crippen molar-refractivity contribution in [2.24, 2.45) is 0 Å². The molecule has 0 saturated carbocycles. The zero-order valence-corrected chi connectivity index (χ0v) is 39.7. The first-order valence-electron chi connectivity index (χ1n) is 22.5. The standard InChI is InChI=1S/C46H54FN9O13S/c1-5-46(67)30-14-33-41-28(20-56(33)44(65)29(30)21-68-45(46)66)27(26-13-25(4)31(47)15-32(26)53-41)16-48-38(61)22-70-23-52-36(59)18-51-42(64)43(69-24(2)3)54-37(60)19-50-35(58)17-49-34(57)9-7-6-8-12-55-39(62)10-11-40(55)63/h10-11,13-15,24,43,67H,5-9,12,16-23H2,1-4H3,(H,48,61)(H,49,57)(H,50,58)(H,51,64)(H,52,59)(H,54,60)/t43-,46-/m0/s1. The summed E-state index contributed by atoms with van der Waals surface area (Å²) in [5.74, 6) is -6.04. The van der Waals surface area contributed by atoms with Crippen LogP contribution in [-0.4, -0.2) is 123 Å². The van der Waals surface area contributed by atoms with Crippen molar-refractivity contribution in [2.45, 2.75) is 97.4 Å². The molecule has 0 saturated heterocycles. The third kappa shape index (κ3) is 12.4. The number of aromatic nitrogens is 2. The summed E-state index contributed by atoms with van der Waals surface area (Å²) < 4.78 is 27.0. The molecule has 0 aliphatic carbocycles. The van der Waals surface area contributed by atoms with Gasteiger partial charge in [-0.05, 0) is 63.3 Å². The van der Waals surface area contributed by atoms with Gasteiger partial charge in [0.15, 0.2) is 5.60 Å². The Morgan fingerprint density at radius 1 is 0.871 bits per heavy atom. The lowest BCUT2D eigenvalue weighted by atomic mass is 9.86. The molecular weight excluding hydrogens is 938 g/mol. The van der Waals surface area contributed by atoms with Crippen molar-refractivity contribution >= 4 is 75.9 Å². The number of esters is 1. The maximum Gasteiger partial charge on any atom is 0.343 e. The van der Waals surface area contributed by atoms with Crippen molar-refractivity contribution < 1.29 is 62.1 Å². The molecule has 374 valence electrons. The predicted octanol–water partition coefficient (Wildman–Crippen LogP) is -0.348. The predicted molar refractivity (Wildman–Crippen MR) is 248 cm³/mol. The lowest BCUT2D eigenvalue weighted by molar-refractivity contribution is -0.172. The number of carbonyl (C=O) groups is 9. The van der Waals surface area contributed by atoms with E-state index >= 15 is 0 Å². The van der Waals surface area contributed by atoms with E-state index in [1.165, 1.54) is 22.8 Å². The number of nitrogens with zero attached hydrogens (tertiary/aromatic N) is 3. The largest absolute Gasteiger partial charge is 0.458 e. The zero-order chi connectivity index (χ0) is 50.9. The molecule has 70 heavy (non-hydrogen) atoms. The highest BCUT2D eigenvalue weighted by Gasteiger charge is 2.45. The number of imide groups is 1. The van der Waals surface area contributed by atoms with Gasteiger partial charge in [-0.25, -0.2) is 14.2 Å². The second-order valence-corrected chi connectivity index (χ2v) is 17.9. The number of fused-ring (bicyclic) bond motifs is 5. The fraction of sp³-hybridized carbons (Fsp3) is 0.457. The highest BCUT2D eigenvalue weighted by atomic mass is 32.2. The minimum atomic E-state index is -2.04. The molecule has 3 aliphatic heterocycles. The maximum atomic E-state index is 14.9. The third-order valence-corrected chi connectivity index (χ3v) is 12.4. The highest BCUT2D eigenvalue weighted by Crippen LogP contribution is 2.40. The molecular formula is C46H54FN9O13S. The van der Waals surface area contributed by atoms with Gasteiger partial charge >= 0.3 is 5.97 Å². The number of rotatable bonds is 23. The number of benzene rings is 1. The molecule has 3 aromatic rings. The van der Waals surface area contributed by atoms with Crippen LogP contribution in [0.3, 0.4) is 0 Å². The Hall–Kier alpha value is -7.05. The Morgan fingerprint density at radius 2 is 1.56 bits per heavy atom. The second kappa shape index (κ2) is 23.0. The Kier molecular flexibility index (Phi) is 17.2. The van der Waals surface area contributed by atoms with Gasteiger partial charge in [0, 0.05) is 54.2 Å². The molecule has 24 heteroatoms. The van der Waals surface area contributed by atoms with Gasteiger partial charge in [0.2, 0.25) is 35.8 Å². The second-order valence-electron chi connectivity index (χ2n) is 16.9. The van der Waals surface area contributed by atoms with E-state index in [-0.39, 0.29) is 79.2 Å². The summed E-state index contributed by atoms with van der Waals surface area (Å²) in [4.78, 5) is 131. The van der Waals surface area contributed by atoms with E-state index in [4.69, 9.17) is 14.5 Å². The summed E-state index contributed by atoms with van der Waals surface area (Å²) in [5, 5.41) is 26.7. The maximum absolute atomic E-state index is 14.9. The van der Waals surface area contributed by atoms with Crippen LogP contribution < -0.4 is 37.5 Å². The number of aliphatic hydroxyl groups is 1. The number of hydrogen-bond donors (Lipinski definition) is 7. The number of carbonyl (C=O) groups excluding carboxylic acids is 9. The molecule has 0 fully saturated rings. The average molecular weight is 992 g/mol. The van der Waals surface area contributed by atoms with Gasteiger partial charge in [0.05, 0.1) is 66.4 Å². The quantitative estimate of drug-likeness (QED) is 0.0216. The lowest BCUT2D eigenvalue weighted by Crippen LogP contribution is -2.53. The molecule has 8 amide bonds. The first kappa shape index (κ1) is 52.3. The van der Waals surface area contributed by atoms with Crippen LogP contribution in [0.15, 0.2) is 35.1 Å². The number of pyridine rings is 2. The minimum Gasteiger partial charge on any atom is -0.458 e. The van der Waals surface area contributed by atoms with Crippen molar-refractivity contribution in [1.29, 1.82) is 0 Å². The van der Waals surface area contributed by atoms with E-state index in [2.05, 4.69) is 31.9 Å². The molecule has 22 nitrogen and oxygen atoms in total. The molecule has 6 rings (SSSR count). The molecule has 2 atom stereocenters. The Balaban J connectivity index is 0.922. The summed E-state index contributed by atoms with van der Waals surface area (Å²) in [6.07, 6.45) is 1.94. The van der Waals surface area contributed by atoms with Crippen molar-refractivity contribution in [3.8, 4) is 11.4 Å². The number of hydrogen-bond acceptors (Lipinski definition) is 15. The number of ether oxygens (including phenoxy) is 2. The lowest BCUT2D eigenvalue weighted by Gasteiger charge is -2.31. The molecule has 0 spiro atoms. The molecule has 0 unspecified atom stereocenters. The Morgan fingerprint density at radius 3 is 2.27 bits per heavy atom. The van der Waals surface area contributed by atoms with Crippen LogP contribution in [0.1, 0.15) is 80.7 Å². The number of thioether (sulfide) groups is 1. The van der Waals surface area contributed by atoms with Gasteiger partial charge < -0.3 is 51.0 Å². The Labute approximate surface area is 404 Å².